The molecule has 12 heteroatoms. The molecule has 0 bridgehead atoms. The maximum Gasteiger partial charge on any atom is 0.574 e. The van der Waals surface area contributed by atoms with Gasteiger partial charge in [-0.15, -0.1) is 13.2 Å². The molecule has 3 heterocycles. The van der Waals surface area contributed by atoms with E-state index in [1.54, 1.807) is 24.4 Å². The van der Waals surface area contributed by atoms with Gasteiger partial charge in [-0.25, -0.2) is 15.0 Å². The third kappa shape index (κ3) is 5.34. The van der Waals surface area contributed by atoms with Crippen molar-refractivity contribution in [3.63, 3.8) is 0 Å². The number of hydrogen-bond acceptors (Lipinski definition) is 7. The molecule has 0 spiro atoms. The van der Waals surface area contributed by atoms with Crippen LogP contribution in [-0.4, -0.2) is 37.4 Å². The normalized spacial score (nSPS) is 12.4. The third-order valence-corrected chi connectivity index (χ3v) is 4.67. The van der Waals surface area contributed by atoms with Gasteiger partial charge in [0.05, 0.1) is 23.5 Å². The molecule has 0 aliphatic carbocycles. The van der Waals surface area contributed by atoms with Gasteiger partial charge in [0.25, 0.3) is 5.91 Å². The van der Waals surface area contributed by atoms with Crippen LogP contribution in [0.5, 0.6) is 5.88 Å². The number of carbonyl (C=O) groups is 1. The molecule has 33 heavy (non-hydrogen) atoms. The lowest BCUT2D eigenvalue weighted by Gasteiger charge is -2.16. The monoisotopic (exact) mass is 457 g/mol. The minimum Gasteiger partial charge on any atom is -0.388 e. The van der Waals surface area contributed by atoms with Gasteiger partial charge in [-0.3, -0.25) is 9.89 Å². The number of aryl methyl sites for hydroxylation is 1. The van der Waals surface area contributed by atoms with E-state index in [9.17, 15) is 18.0 Å². The predicted molar refractivity (Wildman–Crippen MR) is 114 cm³/mol. The van der Waals surface area contributed by atoms with Crippen LogP contribution in [0.15, 0.2) is 48.8 Å². The van der Waals surface area contributed by atoms with Gasteiger partial charge in [-0.05, 0) is 37.6 Å². The van der Waals surface area contributed by atoms with E-state index in [1.807, 2.05) is 19.9 Å². The Hall–Kier alpha value is -4.22. The molecular weight excluding hydrogens is 439 g/mol. The zero-order valence-corrected chi connectivity index (χ0v) is 17.4. The summed E-state index contributed by atoms with van der Waals surface area (Å²) < 4.78 is 40.4. The standard InChI is InChI=1S/C21H18F3N7O2/c1-11(27-16-10-26-19-18(29-16)12(2)30-31-19)13-4-3-5-15(8-13)28-20(32)14-6-7-17(25-9-14)33-21(22,23)24/h3-11H,1-2H3,(H,27,29)(H,28,32)(H,26,30,31)/t11-/m0/s1. The largest absolute Gasteiger partial charge is 0.574 e. The number of alkyl halides is 3. The molecule has 1 amide bonds. The van der Waals surface area contributed by atoms with E-state index in [0.717, 1.165) is 23.5 Å². The van der Waals surface area contributed by atoms with Crippen molar-refractivity contribution in [3.8, 4) is 5.88 Å². The van der Waals surface area contributed by atoms with Crippen molar-refractivity contribution in [1.82, 2.24) is 25.1 Å². The lowest BCUT2D eigenvalue weighted by molar-refractivity contribution is -0.276. The van der Waals surface area contributed by atoms with E-state index >= 15 is 0 Å². The van der Waals surface area contributed by atoms with Gasteiger partial charge in [0.15, 0.2) is 5.65 Å². The summed E-state index contributed by atoms with van der Waals surface area (Å²) in [6.45, 7) is 3.79. The van der Waals surface area contributed by atoms with Crippen LogP contribution in [0.4, 0.5) is 24.7 Å². The highest BCUT2D eigenvalue weighted by atomic mass is 19.4. The first-order chi connectivity index (χ1) is 15.7. The van der Waals surface area contributed by atoms with E-state index in [1.165, 1.54) is 6.07 Å². The number of aromatic nitrogens is 5. The minimum atomic E-state index is -4.85. The zero-order valence-electron chi connectivity index (χ0n) is 17.4. The van der Waals surface area contributed by atoms with E-state index < -0.39 is 18.1 Å². The molecule has 0 fully saturated rings. The first-order valence-corrected chi connectivity index (χ1v) is 9.75. The maximum atomic E-state index is 12.5. The molecule has 0 radical (unpaired) electrons. The second-order valence-electron chi connectivity index (χ2n) is 7.15. The number of halogens is 3. The number of ether oxygens (including phenoxy) is 1. The Morgan fingerprint density at radius 1 is 1.15 bits per heavy atom. The summed E-state index contributed by atoms with van der Waals surface area (Å²) in [6, 6.07) is 9.14. The number of rotatable bonds is 6. The quantitative estimate of drug-likeness (QED) is 0.393. The van der Waals surface area contributed by atoms with Crippen molar-refractivity contribution < 1.29 is 22.7 Å². The van der Waals surface area contributed by atoms with Gasteiger partial charge >= 0.3 is 6.36 Å². The summed E-state index contributed by atoms with van der Waals surface area (Å²) >= 11 is 0. The fraction of sp³-hybridized carbons (Fsp3) is 0.190. The Kier molecular flexibility index (Phi) is 5.82. The van der Waals surface area contributed by atoms with Gasteiger partial charge in [-0.2, -0.15) is 5.10 Å². The molecule has 9 nitrogen and oxygen atoms in total. The Labute approximate surface area is 185 Å². The number of carbonyl (C=O) groups excluding carboxylic acids is 1. The molecule has 0 saturated carbocycles. The molecule has 0 aliphatic rings. The molecule has 0 saturated heterocycles. The van der Waals surface area contributed by atoms with Crippen LogP contribution in [-0.2, 0) is 0 Å². The average molecular weight is 457 g/mol. The molecule has 170 valence electrons. The number of fused-ring (bicyclic) bond motifs is 1. The summed E-state index contributed by atoms with van der Waals surface area (Å²) in [5, 5.41) is 12.9. The van der Waals surface area contributed by atoms with Gasteiger partial charge in [0, 0.05) is 18.0 Å². The van der Waals surface area contributed by atoms with Gasteiger partial charge in [0.2, 0.25) is 5.88 Å². The minimum absolute atomic E-state index is 0.0835. The van der Waals surface area contributed by atoms with Crippen LogP contribution < -0.4 is 15.4 Å². The molecule has 1 aromatic carbocycles. The van der Waals surface area contributed by atoms with E-state index in [0.29, 0.717) is 22.7 Å². The number of hydrogen-bond donors (Lipinski definition) is 3. The van der Waals surface area contributed by atoms with E-state index in [-0.39, 0.29) is 11.6 Å². The summed E-state index contributed by atoms with van der Waals surface area (Å²) in [5.41, 5.74) is 3.47. The van der Waals surface area contributed by atoms with Crippen molar-refractivity contribution in [1.29, 1.82) is 0 Å². The maximum absolute atomic E-state index is 12.5. The Bertz CT molecular complexity index is 1290. The molecule has 4 aromatic rings. The van der Waals surface area contributed by atoms with Crippen LogP contribution in [0, 0.1) is 6.92 Å². The molecule has 0 unspecified atom stereocenters. The van der Waals surface area contributed by atoms with Crippen molar-refractivity contribution in [2.75, 3.05) is 10.6 Å². The third-order valence-electron chi connectivity index (χ3n) is 4.67. The number of benzene rings is 1. The molecule has 3 aromatic heterocycles. The van der Waals surface area contributed by atoms with Crippen molar-refractivity contribution >= 4 is 28.6 Å². The van der Waals surface area contributed by atoms with Crippen LogP contribution in [0.1, 0.15) is 34.6 Å². The summed E-state index contributed by atoms with van der Waals surface area (Å²) in [4.78, 5) is 24.7. The highest BCUT2D eigenvalue weighted by Crippen LogP contribution is 2.23. The SMILES string of the molecule is Cc1[nH]nc2ncc(N[C@@H](C)c3cccc(NC(=O)c4ccc(OC(F)(F)F)nc4)c3)nc12. The topological polar surface area (TPSA) is 118 Å². The zero-order chi connectivity index (χ0) is 23.6. The summed E-state index contributed by atoms with van der Waals surface area (Å²) in [6.07, 6.45) is -2.25. The Morgan fingerprint density at radius 3 is 2.70 bits per heavy atom. The number of nitrogens with one attached hydrogen (secondary N) is 3. The van der Waals surface area contributed by atoms with Crippen LogP contribution >= 0.6 is 0 Å². The van der Waals surface area contributed by atoms with Crippen molar-refractivity contribution in [2.24, 2.45) is 0 Å². The Morgan fingerprint density at radius 2 is 1.97 bits per heavy atom. The molecule has 4 rings (SSSR count). The molecule has 3 N–H and O–H groups in total. The fourth-order valence-corrected chi connectivity index (χ4v) is 3.06. The van der Waals surface area contributed by atoms with Crippen molar-refractivity contribution in [3.05, 3.63) is 65.6 Å². The average Bonchev–Trinajstić information content (AvgIpc) is 3.13. The predicted octanol–water partition coefficient (Wildman–Crippen LogP) is 4.38. The first kappa shape index (κ1) is 22.0. The Balaban J connectivity index is 1.43. The van der Waals surface area contributed by atoms with E-state index in [2.05, 4.69) is 40.5 Å². The molecular formula is C21H18F3N7O2. The fourth-order valence-electron chi connectivity index (χ4n) is 3.06. The smallest absolute Gasteiger partial charge is 0.388 e. The van der Waals surface area contributed by atoms with Gasteiger partial charge in [0.1, 0.15) is 11.3 Å². The lowest BCUT2D eigenvalue weighted by Crippen LogP contribution is -2.18. The lowest BCUT2D eigenvalue weighted by atomic mass is 10.1. The second-order valence-corrected chi connectivity index (χ2v) is 7.15. The van der Waals surface area contributed by atoms with Gasteiger partial charge < -0.3 is 15.4 Å². The number of H-pyrrole nitrogens is 1. The van der Waals surface area contributed by atoms with Crippen LogP contribution in [0.25, 0.3) is 11.2 Å². The first-order valence-electron chi connectivity index (χ1n) is 9.75. The highest BCUT2D eigenvalue weighted by Gasteiger charge is 2.31. The second kappa shape index (κ2) is 8.73. The highest BCUT2D eigenvalue weighted by molar-refractivity contribution is 6.04. The number of pyridine rings is 1. The summed E-state index contributed by atoms with van der Waals surface area (Å²) in [5.74, 6) is -0.598. The molecule has 1 atom stereocenters. The summed E-state index contributed by atoms with van der Waals surface area (Å²) in [7, 11) is 0. The van der Waals surface area contributed by atoms with Crippen LogP contribution in [0.3, 0.4) is 0 Å². The van der Waals surface area contributed by atoms with E-state index in [4.69, 9.17) is 0 Å². The number of anilines is 2. The van der Waals surface area contributed by atoms with Crippen molar-refractivity contribution in [2.45, 2.75) is 26.3 Å². The van der Waals surface area contributed by atoms with Gasteiger partial charge in [-0.1, -0.05) is 12.1 Å². The van der Waals surface area contributed by atoms with Crippen LogP contribution in [0.2, 0.25) is 0 Å². The number of aromatic amines is 1. The number of amides is 1. The number of nitrogens with zero attached hydrogens (tertiary/aromatic N) is 4. The molecule has 0 aliphatic heterocycles.